The zero-order valence-electron chi connectivity index (χ0n) is 22.7. The molecule has 0 aliphatic heterocycles. The van der Waals surface area contributed by atoms with Gasteiger partial charge in [0, 0.05) is 18.3 Å². The van der Waals surface area contributed by atoms with Gasteiger partial charge in [-0.05, 0) is 45.2 Å². The lowest BCUT2D eigenvalue weighted by Gasteiger charge is -2.23. The molecule has 0 aliphatic rings. The summed E-state index contributed by atoms with van der Waals surface area (Å²) < 4.78 is 18.7. The van der Waals surface area contributed by atoms with Crippen LogP contribution in [0.5, 0.6) is 0 Å². The number of esters is 1. The average Bonchev–Trinajstić information content (AvgIpc) is 2.89. The van der Waals surface area contributed by atoms with Crippen LogP contribution in [0.1, 0.15) is 43.9 Å². The van der Waals surface area contributed by atoms with Crippen LogP contribution in [0.4, 0.5) is 4.79 Å². The van der Waals surface area contributed by atoms with Gasteiger partial charge in [0.15, 0.2) is 0 Å². The molecule has 0 radical (unpaired) electrons. The van der Waals surface area contributed by atoms with Gasteiger partial charge in [-0.3, -0.25) is 13.9 Å². The number of nitrogens with one attached hydrogen (secondary N) is 1. The second kappa shape index (κ2) is 13.6. The van der Waals surface area contributed by atoms with Crippen LogP contribution in [-0.4, -0.2) is 32.8 Å². The van der Waals surface area contributed by atoms with E-state index in [0.29, 0.717) is 12.2 Å². The number of ether oxygens (including phenoxy) is 3. The summed E-state index contributed by atoms with van der Waals surface area (Å²) in [5.74, 6) is -0.711. The van der Waals surface area contributed by atoms with E-state index < -0.39 is 35.0 Å². The normalized spacial score (nSPS) is 12.0. The van der Waals surface area contributed by atoms with E-state index in [-0.39, 0.29) is 26.3 Å². The second-order valence-corrected chi connectivity index (χ2v) is 10.1. The third-order valence-electron chi connectivity index (χ3n) is 5.59. The van der Waals surface area contributed by atoms with E-state index in [9.17, 15) is 19.2 Å². The van der Waals surface area contributed by atoms with Crippen LogP contribution in [0.15, 0.2) is 76.4 Å². The van der Waals surface area contributed by atoms with E-state index in [2.05, 4.69) is 5.32 Å². The molecule has 3 aromatic rings. The molecule has 1 N–H and O–H groups in total. The molecule has 10 nitrogen and oxygen atoms in total. The molecular weight excluding hydrogens is 502 g/mol. The summed E-state index contributed by atoms with van der Waals surface area (Å²) >= 11 is 0. The SMILES string of the molecule is Cc1cn(COCc2ccccc2)c(=O)n(CCC(NC(=O)OC(C)(C)C)C(=O)OCc2ccccc2)c1=O. The molecule has 0 fully saturated rings. The number of aryl methyl sites for hydroxylation is 1. The number of amides is 1. The largest absolute Gasteiger partial charge is 0.459 e. The van der Waals surface area contributed by atoms with Crippen LogP contribution < -0.4 is 16.6 Å². The van der Waals surface area contributed by atoms with Crippen LogP contribution in [0, 0.1) is 6.92 Å². The maximum Gasteiger partial charge on any atom is 0.408 e. The number of hydrogen-bond acceptors (Lipinski definition) is 7. The lowest BCUT2D eigenvalue weighted by atomic mass is 10.2. The molecule has 1 atom stereocenters. The Hall–Kier alpha value is -4.18. The maximum absolute atomic E-state index is 13.1. The van der Waals surface area contributed by atoms with E-state index in [1.54, 1.807) is 39.8 Å². The zero-order valence-corrected chi connectivity index (χ0v) is 22.7. The summed E-state index contributed by atoms with van der Waals surface area (Å²) in [4.78, 5) is 51.3. The maximum atomic E-state index is 13.1. The van der Waals surface area contributed by atoms with Crippen LogP contribution in [-0.2, 0) is 45.5 Å². The van der Waals surface area contributed by atoms with Crippen molar-refractivity contribution >= 4 is 12.1 Å². The number of aromatic nitrogens is 2. The van der Waals surface area contributed by atoms with Crippen molar-refractivity contribution in [3.8, 4) is 0 Å². The van der Waals surface area contributed by atoms with Crippen molar-refractivity contribution in [2.24, 2.45) is 0 Å². The first-order valence-electron chi connectivity index (χ1n) is 12.7. The topological polar surface area (TPSA) is 118 Å². The molecule has 208 valence electrons. The molecular formula is C29H35N3O7. The number of alkyl carbamates (subject to hydrolysis) is 1. The van der Waals surface area contributed by atoms with E-state index in [4.69, 9.17) is 14.2 Å². The summed E-state index contributed by atoms with van der Waals surface area (Å²) in [7, 11) is 0. The number of hydrogen-bond donors (Lipinski definition) is 1. The van der Waals surface area contributed by atoms with Gasteiger partial charge in [-0.1, -0.05) is 60.7 Å². The molecule has 39 heavy (non-hydrogen) atoms. The first-order chi connectivity index (χ1) is 18.5. The second-order valence-electron chi connectivity index (χ2n) is 10.1. The first-order valence-corrected chi connectivity index (χ1v) is 12.7. The van der Waals surface area contributed by atoms with Crippen molar-refractivity contribution in [1.29, 1.82) is 0 Å². The molecule has 0 aliphatic carbocycles. The lowest BCUT2D eigenvalue weighted by molar-refractivity contribution is -0.147. The minimum absolute atomic E-state index is 0.00211. The predicted molar refractivity (Wildman–Crippen MR) is 145 cm³/mol. The summed E-state index contributed by atoms with van der Waals surface area (Å²) in [6.45, 7) is 6.78. The quantitative estimate of drug-likeness (QED) is 0.372. The van der Waals surface area contributed by atoms with Gasteiger partial charge in [0.2, 0.25) is 0 Å². The summed E-state index contributed by atoms with van der Waals surface area (Å²) in [6.07, 6.45) is 0.556. The van der Waals surface area contributed by atoms with E-state index in [1.807, 2.05) is 48.5 Å². The smallest absolute Gasteiger partial charge is 0.408 e. The summed E-state index contributed by atoms with van der Waals surface area (Å²) in [5.41, 5.74) is 0.182. The number of carbonyl (C=O) groups excluding carboxylic acids is 2. The van der Waals surface area contributed by atoms with Crippen molar-refractivity contribution in [3.63, 3.8) is 0 Å². The monoisotopic (exact) mass is 537 g/mol. The fourth-order valence-electron chi connectivity index (χ4n) is 3.71. The van der Waals surface area contributed by atoms with Gasteiger partial charge >= 0.3 is 17.8 Å². The fourth-order valence-corrected chi connectivity index (χ4v) is 3.71. The minimum Gasteiger partial charge on any atom is -0.459 e. The minimum atomic E-state index is -1.15. The third kappa shape index (κ3) is 9.26. The highest BCUT2D eigenvalue weighted by Gasteiger charge is 2.26. The van der Waals surface area contributed by atoms with Crippen molar-refractivity contribution in [3.05, 3.63) is 104 Å². The highest BCUT2D eigenvalue weighted by atomic mass is 16.6. The van der Waals surface area contributed by atoms with E-state index in [0.717, 1.165) is 15.7 Å². The molecule has 1 aromatic heterocycles. The Morgan fingerprint density at radius 3 is 2.10 bits per heavy atom. The Bertz CT molecular complexity index is 1360. The van der Waals surface area contributed by atoms with Crippen molar-refractivity contribution in [1.82, 2.24) is 14.5 Å². The van der Waals surface area contributed by atoms with E-state index >= 15 is 0 Å². The fraction of sp³-hybridized carbons (Fsp3) is 0.379. The van der Waals surface area contributed by atoms with Crippen LogP contribution in [0.25, 0.3) is 0 Å². The highest BCUT2D eigenvalue weighted by molar-refractivity contribution is 5.81. The number of nitrogens with zero attached hydrogens (tertiary/aromatic N) is 2. The van der Waals surface area contributed by atoms with Crippen molar-refractivity contribution in [2.75, 3.05) is 0 Å². The summed E-state index contributed by atoms with van der Waals surface area (Å²) in [5, 5.41) is 2.52. The van der Waals surface area contributed by atoms with Crippen LogP contribution in [0.3, 0.4) is 0 Å². The first kappa shape index (κ1) is 29.4. The Kier molecular flexibility index (Phi) is 10.2. The van der Waals surface area contributed by atoms with Crippen molar-refractivity contribution < 1.29 is 23.8 Å². The standard InChI is InChI=1S/C29H35N3O7/c1-21-17-31(20-37-18-22-11-7-5-8-12-22)28(36)32(25(21)33)16-15-24(30-27(35)39-29(2,3)4)26(34)38-19-23-13-9-6-10-14-23/h5-14,17,24H,15-16,18-20H2,1-4H3,(H,30,35). The van der Waals surface area contributed by atoms with Gasteiger partial charge < -0.3 is 19.5 Å². The van der Waals surface area contributed by atoms with Crippen LogP contribution in [0.2, 0.25) is 0 Å². The Morgan fingerprint density at radius 1 is 0.923 bits per heavy atom. The number of rotatable bonds is 11. The third-order valence-corrected chi connectivity index (χ3v) is 5.59. The molecule has 0 bridgehead atoms. The molecule has 1 heterocycles. The molecule has 2 aromatic carbocycles. The lowest BCUT2D eigenvalue weighted by Crippen LogP contribution is -2.47. The van der Waals surface area contributed by atoms with Crippen LogP contribution >= 0.6 is 0 Å². The van der Waals surface area contributed by atoms with E-state index in [1.165, 1.54) is 10.8 Å². The van der Waals surface area contributed by atoms with Gasteiger partial charge in [-0.15, -0.1) is 0 Å². The Labute approximate surface area is 227 Å². The molecule has 1 amide bonds. The van der Waals surface area contributed by atoms with Crippen molar-refractivity contribution in [2.45, 2.75) is 72.2 Å². The van der Waals surface area contributed by atoms with Gasteiger partial charge in [0.1, 0.15) is 25.0 Å². The van der Waals surface area contributed by atoms with Gasteiger partial charge in [-0.2, -0.15) is 0 Å². The van der Waals surface area contributed by atoms with Gasteiger partial charge in [0.05, 0.1) is 6.61 Å². The molecule has 1 unspecified atom stereocenters. The summed E-state index contributed by atoms with van der Waals surface area (Å²) in [6, 6.07) is 17.4. The predicted octanol–water partition coefficient (Wildman–Crippen LogP) is 3.52. The Morgan fingerprint density at radius 2 is 1.51 bits per heavy atom. The number of carbonyl (C=O) groups is 2. The highest BCUT2D eigenvalue weighted by Crippen LogP contribution is 2.09. The van der Waals surface area contributed by atoms with Gasteiger partial charge in [-0.25, -0.2) is 14.4 Å². The molecule has 10 heteroatoms. The Balaban J connectivity index is 1.73. The average molecular weight is 538 g/mol. The molecule has 0 saturated heterocycles. The molecule has 0 spiro atoms. The molecule has 3 rings (SSSR count). The molecule has 0 saturated carbocycles. The van der Waals surface area contributed by atoms with Gasteiger partial charge in [0.25, 0.3) is 5.56 Å². The zero-order chi connectivity index (χ0) is 28.4. The number of benzene rings is 2.